The Kier molecular flexibility index (Phi) is 10.3. The van der Waals surface area contributed by atoms with Gasteiger partial charge >= 0.3 is 11.9 Å². The fraction of sp³-hybridized carbons (Fsp3) is 0.500. The quantitative estimate of drug-likeness (QED) is 0.280. The van der Waals surface area contributed by atoms with Crippen LogP contribution in [0.4, 0.5) is 0 Å². The van der Waals surface area contributed by atoms with Crippen LogP contribution in [0, 0.1) is 5.92 Å². The summed E-state index contributed by atoms with van der Waals surface area (Å²) in [6, 6.07) is 5.50. The number of benzene rings is 1. The lowest BCUT2D eigenvalue weighted by Gasteiger charge is -2.28. The van der Waals surface area contributed by atoms with Gasteiger partial charge < -0.3 is 23.7 Å². The number of rotatable bonds is 7. The molecule has 3 atom stereocenters. The van der Waals surface area contributed by atoms with Crippen LogP contribution in [0.1, 0.15) is 42.1 Å². The zero-order valence-corrected chi connectivity index (χ0v) is 18.7. The number of cyclic esters (lactones) is 1. The molecule has 0 amide bonds. The minimum atomic E-state index is -0.501. The van der Waals surface area contributed by atoms with E-state index in [1.807, 2.05) is 18.2 Å². The van der Waals surface area contributed by atoms with Crippen molar-refractivity contribution in [3.63, 3.8) is 0 Å². The monoisotopic (exact) mass is 432 g/mol. The number of allylic oxidation sites excluding steroid dienone is 2. The van der Waals surface area contributed by atoms with Gasteiger partial charge in [0, 0.05) is 26.0 Å². The van der Waals surface area contributed by atoms with Crippen molar-refractivity contribution in [2.24, 2.45) is 5.92 Å². The van der Waals surface area contributed by atoms with Crippen LogP contribution in [0.2, 0.25) is 0 Å². The third kappa shape index (κ3) is 7.52. The van der Waals surface area contributed by atoms with Crippen LogP contribution in [0.25, 0.3) is 0 Å². The molecule has 1 aliphatic rings. The lowest BCUT2D eigenvalue weighted by Crippen LogP contribution is -2.31. The van der Waals surface area contributed by atoms with Crippen LogP contribution in [-0.4, -0.2) is 52.3 Å². The summed E-state index contributed by atoms with van der Waals surface area (Å²) < 4.78 is 26.9. The lowest BCUT2D eigenvalue weighted by atomic mass is 9.93. The molecule has 0 aliphatic carbocycles. The van der Waals surface area contributed by atoms with Crippen LogP contribution in [-0.2, 0) is 30.2 Å². The average Bonchev–Trinajstić information content (AvgIpc) is 2.77. The molecule has 0 saturated heterocycles. The molecule has 31 heavy (non-hydrogen) atoms. The zero-order chi connectivity index (χ0) is 22.6. The molecule has 1 heterocycles. The molecule has 0 spiro atoms. The standard InChI is InChI=1S/C24H32O7/c1-17-9-5-6-10-18-11-7-13-20(28-3)23(18)24(26)31-19(12-8-14-22(25)29-4)15-21(17)30-16-27-2/h5-8,11,13-14,17,19,21H,9-10,12,15-16H2,1-4H3/b6-5+,14-8+/t17-,19?,21+/m0/s1. The Bertz CT molecular complexity index is 784. The van der Waals surface area contributed by atoms with Gasteiger partial charge in [-0.15, -0.1) is 0 Å². The Labute approximate surface area is 184 Å². The molecule has 1 unspecified atom stereocenters. The van der Waals surface area contributed by atoms with Gasteiger partial charge in [-0.05, 0) is 30.4 Å². The smallest absolute Gasteiger partial charge is 0.342 e. The van der Waals surface area contributed by atoms with Gasteiger partial charge in [0.15, 0.2) is 0 Å². The first kappa shape index (κ1) is 24.6. The molecule has 0 aromatic heterocycles. The third-order valence-corrected chi connectivity index (χ3v) is 5.21. The molecule has 1 aromatic rings. The molecular weight excluding hydrogens is 400 g/mol. The summed E-state index contributed by atoms with van der Waals surface area (Å²) >= 11 is 0. The van der Waals surface area contributed by atoms with Crippen LogP contribution in [0.15, 0.2) is 42.5 Å². The first-order valence-electron chi connectivity index (χ1n) is 10.4. The number of carbonyl (C=O) groups is 2. The van der Waals surface area contributed by atoms with E-state index in [9.17, 15) is 9.59 Å². The van der Waals surface area contributed by atoms with E-state index in [0.29, 0.717) is 30.6 Å². The molecule has 2 rings (SSSR count). The first-order valence-corrected chi connectivity index (χ1v) is 10.4. The average molecular weight is 433 g/mol. The largest absolute Gasteiger partial charge is 0.496 e. The highest BCUT2D eigenvalue weighted by Gasteiger charge is 2.27. The molecule has 1 aromatic carbocycles. The summed E-state index contributed by atoms with van der Waals surface area (Å²) in [5, 5.41) is 0. The second-order valence-corrected chi connectivity index (χ2v) is 7.42. The Morgan fingerprint density at radius 1 is 1.23 bits per heavy atom. The minimum Gasteiger partial charge on any atom is -0.496 e. The van der Waals surface area contributed by atoms with E-state index in [1.54, 1.807) is 19.3 Å². The molecule has 7 nitrogen and oxygen atoms in total. The van der Waals surface area contributed by atoms with Gasteiger partial charge in [-0.3, -0.25) is 0 Å². The highest BCUT2D eigenvalue weighted by atomic mass is 16.7. The molecule has 0 bridgehead atoms. The van der Waals surface area contributed by atoms with Gasteiger partial charge in [0.2, 0.25) is 0 Å². The number of carbonyl (C=O) groups excluding carboxylic acids is 2. The van der Waals surface area contributed by atoms with Crippen molar-refractivity contribution in [2.45, 2.75) is 44.8 Å². The van der Waals surface area contributed by atoms with E-state index in [0.717, 1.165) is 12.0 Å². The predicted molar refractivity (Wildman–Crippen MR) is 116 cm³/mol. The fourth-order valence-electron chi connectivity index (χ4n) is 3.49. The summed E-state index contributed by atoms with van der Waals surface area (Å²) in [4.78, 5) is 24.6. The predicted octanol–water partition coefficient (Wildman–Crippen LogP) is 3.86. The van der Waals surface area contributed by atoms with Crippen LogP contribution >= 0.6 is 0 Å². The second kappa shape index (κ2) is 12.9. The SMILES string of the molecule is COCO[C@@H]1CC(C/C=C/C(=O)OC)OC(=O)c2c(cccc2OC)C/C=C/C[C@@H]1C. The van der Waals surface area contributed by atoms with E-state index in [2.05, 4.69) is 17.7 Å². The Morgan fingerprint density at radius 2 is 2.03 bits per heavy atom. The Balaban J connectivity index is 2.36. The number of ether oxygens (including phenoxy) is 5. The lowest BCUT2D eigenvalue weighted by molar-refractivity contribution is -0.134. The highest BCUT2D eigenvalue weighted by molar-refractivity contribution is 5.94. The Hall–Kier alpha value is -2.64. The zero-order valence-electron chi connectivity index (χ0n) is 18.7. The summed E-state index contributed by atoms with van der Waals surface area (Å²) in [5.41, 5.74) is 1.25. The van der Waals surface area contributed by atoms with Gasteiger partial charge in [0.1, 0.15) is 24.2 Å². The number of fused-ring (bicyclic) bond motifs is 1. The van der Waals surface area contributed by atoms with Gasteiger partial charge in [0.05, 0.1) is 20.3 Å². The number of hydrogen-bond donors (Lipinski definition) is 0. The van der Waals surface area contributed by atoms with Crippen LogP contribution in [0.3, 0.4) is 0 Å². The maximum Gasteiger partial charge on any atom is 0.342 e. The topological polar surface area (TPSA) is 80.3 Å². The van der Waals surface area contributed by atoms with E-state index in [-0.39, 0.29) is 18.8 Å². The van der Waals surface area contributed by atoms with E-state index in [4.69, 9.17) is 18.9 Å². The normalized spacial score (nSPS) is 23.2. The highest BCUT2D eigenvalue weighted by Crippen LogP contribution is 2.28. The number of esters is 2. The summed E-state index contributed by atoms with van der Waals surface area (Å²) in [6.07, 6.45) is 8.65. The summed E-state index contributed by atoms with van der Waals surface area (Å²) in [7, 11) is 4.41. The molecule has 7 heteroatoms. The molecule has 0 saturated carbocycles. The summed E-state index contributed by atoms with van der Waals surface area (Å²) in [6.45, 7) is 2.24. The van der Waals surface area contributed by atoms with Crippen LogP contribution < -0.4 is 4.74 Å². The van der Waals surface area contributed by atoms with E-state index < -0.39 is 18.0 Å². The molecule has 0 N–H and O–H groups in total. The van der Waals surface area contributed by atoms with Crippen molar-refractivity contribution in [3.05, 3.63) is 53.6 Å². The maximum atomic E-state index is 13.2. The van der Waals surface area contributed by atoms with Crippen molar-refractivity contribution >= 4 is 11.9 Å². The van der Waals surface area contributed by atoms with E-state index in [1.165, 1.54) is 20.3 Å². The van der Waals surface area contributed by atoms with Crippen molar-refractivity contribution in [3.8, 4) is 5.75 Å². The third-order valence-electron chi connectivity index (χ3n) is 5.21. The van der Waals surface area contributed by atoms with Gasteiger partial charge in [-0.1, -0.05) is 37.3 Å². The van der Waals surface area contributed by atoms with E-state index >= 15 is 0 Å². The molecule has 0 fully saturated rings. The van der Waals surface area contributed by atoms with Crippen molar-refractivity contribution in [1.82, 2.24) is 0 Å². The van der Waals surface area contributed by atoms with Crippen molar-refractivity contribution in [2.75, 3.05) is 28.1 Å². The summed E-state index contributed by atoms with van der Waals surface area (Å²) in [5.74, 6) is -0.271. The van der Waals surface area contributed by atoms with Crippen molar-refractivity contribution < 1.29 is 33.3 Å². The van der Waals surface area contributed by atoms with Crippen molar-refractivity contribution in [1.29, 1.82) is 0 Å². The van der Waals surface area contributed by atoms with Gasteiger partial charge in [-0.25, -0.2) is 9.59 Å². The minimum absolute atomic E-state index is 0.147. The molecule has 1 aliphatic heterocycles. The molecular formula is C24H32O7. The molecule has 0 radical (unpaired) electrons. The van der Waals surface area contributed by atoms with Crippen LogP contribution in [0.5, 0.6) is 5.75 Å². The van der Waals surface area contributed by atoms with Gasteiger partial charge in [-0.2, -0.15) is 0 Å². The van der Waals surface area contributed by atoms with Gasteiger partial charge in [0.25, 0.3) is 0 Å². The molecule has 170 valence electrons. The Morgan fingerprint density at radius 3 is 2.74 bits per heavy atom. The second-order valence-electron chi connectivity index (χ2n) is 7.42. The maximum absolute atomic E-state index is 13.2. The number of hydrogen-bond acceptors (Lipinski definition) is 7. The first-order chi connectivity index (χ1) is 15.0. The number of methoxy groups -OCH3 is 3. The fourth-order valence-corrected chi connectivity index (χ4v) is 3.49.